The molecule has 0 amide bonds. The van der Waals surface area contributed by atoms with Gasteiger partial charge >= 0.3 is 5.97 Å². The van der Waals surface area contributed by atoms with Crippen molar-refractivity contribution < 1.29 is 9.53 Å². The fourth-order valence-electron chi connectivity index (χ4n) is 5.47. The first kappa shape index (κ1) is 23.2. The maximum Gasteiger partial charge on any atom is 0.340 e. The van der Waals surface area contributed by atoms with Gasteiger partial charge in [-0.2, -0.15) is 0 Å². The van der Waals surface area contributed by atoms with E-state index in [0.29, 0.717) is 5.56 Å². The summed E-state index contributed by atoms with van der Waals surface area (Å²) in [5.74, 6) is -0.276. The fraction of sp³-hybridized carbons (Fsp3) is 0.323. The Morgan fingerprint density at radius 1 is 0.857 bits per heavy atom. The molecule has 0 saturated carbocycles. The Balaban J connectivity index is 1.67. The number of nitrogens with zero attached hydrogens (tertiary/aromatic N) is 1. The van der Waals surface area contributed by atoms with Crippen molar-refractivity contribution >= 4 is 22.6 Å². The number of aryl methyl sites for hydroxylation is 1. The topological polar surface area (TPSA) is 45.3 Å². The Morgan fingerprint density at radius 2 is 1.51 bits per heavy atom. The summed E-state index contributed by atoms with van der Waals surface area (Å²) in [6.45, 7) is 8.65. The van der Waals surface area contributed by atoms with E-state index in [1.165, 1.54) is 31.4 Å². The fourth-order valence-corrected chi connectivity index (χ4v) is 5.47. The number of anilines is 1. The van der Waals surface area contributed by atoms with Crippen molar-refractivity contribution in [1.29, 1.82) is 0 Å². The number of ether oxygens (including phenoxy) is 1. The Labute approximate surface area is 207 Å². The number of esters is 1. The summed E-state index contributed by atoms with van der Waals surface area (Å²) in [7, 11) is 0. The Kier molecular flexibility index (Phi) is 6.38. The van der Waals surface area contributed by atoms with Crippen LogP contribution in [0, 0.1) is 6.92 Å². The molecule has 4 heteroatoms. The summed E-state index contributed by atoms with van der Waals surface area (Å²) >= 11 is 0. The minimum absolute atomic E-state index is 0.276. The molecule has 1 aliphatic rings. The Hall–Kier alpha value is -3.53. The average molecular weight is 467 g/mol. The van der Waals surface area contributed by atoms with Gasteiger partial charge in [0.1, 0.15) is 0 Å². The van der Waals surface area contributed by atoms with Crippen LogP contribution in [0.5, 0.6) is 0 Å². The Morgan fingerprint density at radius 3 is 2.23 bits per heavy atom. The lowest BCUT2D eigenvalue weighted by Crippen LogP contribution is -2.30. The minimum atomic E-state index is -0.992. The quantitative estimate of drug-likeness (QED) is 0.262. The van der Waals surface area contributed by atoms with E-state index in [1.807, 2.05) is 36.4 Å². The molecule has 3 aromatic carbocycles. The number of nitrogens with one attached hydrogen (secondary N) is 1. The molecule has 1 aliphatic heterocycles. The van der Waals surface area contributed by atoms with Gasteiger partial charge in [-0.1, -0.05) is 75.2 Å². The second kappa shape index (κ2) is 9.61. The Bertz CT molecular complexity index is 1330. The van der Waals surface area contributed by atoms with Crippen molar-refractivity contribution in [2.75, 3.05) is 18.0 Å². The molecule has 5 rings (SSSR count). The van der Waals surface area contributed by atoms with Gasteiger partial charge in [0.2, 0.25) is 0 Å². The van der Waals surface area contributed by atoms with Crippen molar-refractivity contribution in [1.82, 2.24) is 4.98 Å². The lowest BCUT2D eigenvalue weighted by Gasteiger charge is -2.31. The van der Waals surface area contributed by atoms with Gasteiger partial charge in [0.15, 0.2) is 5.60 Å². The van der Waals surface area contributed by atoms with Crippen molar-refractivity contribution in [3.63, 3.8) is 0 Å². The summed E-state index contributed by atoms with van der Waals surface area (Å²) in [6.07, 6.45) is 4.71. The highest BCUT2D eigenvalue weighted by molar-refractivity contribution is 5.98. The van der Waals surface area contributed by atoms with Crippen LogP contribution in [0.2, 0.25) is 0 Å². The van der Waals surface area contributed by atoms with Crippen molar-refractivity contribution in [2.45, 2.75) is 52.1 Å². The van der Waals surface area contributed by atoms with E-state index in [0.717, 1.165) is 46.4 Å². The monoisotopic (exact) mass is 466 g/mol. The van der Waals surface area contributed by atoms with E-state index < -0.39 is 5.60 Å². The number of rotatable bonds is 9. The summed E-state index contributed by atoms with van der Waals surface area (Å²) < 4.78 is 6.40. The number of carbonyl (C=O) groups is 1. The largest absolute Gasteiger partial charge is 0.440 e. The van der Waals surface area contributed by atoms with Gasteiger partial charge in [0, 0.05) is 52.1 Å². The van der Waals surface area contributed by atoms with Crippen LogP contribution >= 0.6 is 0 Å². The summed E-state index contributed by atoms with van der Waals surface area (Å²) in [4.78, 5) is 19.2. The zero-order chi connectivity index (χ0) is 24.4. The van der Waals surface area contributed by atoms with Gasteiger partial charge < -0.3 is 14.6 Å². The van der Waals surface area contributed by atoms with E-state index in [4.69, 9.17) is 4.74 Å². The van der Waals surface area contributed by atoms with E-state index in [9.17, 15) is 4.79 Å². The van der Waals surface area contributed by atoms with Crippen LogP contribution < -0.4 is 4.90 Å². The van der Waals surface area contributed by atoms with Crippen LogP contribution in [0.15, 0.2) is 72.8 Å². The highest BCUT2D eigenvalue weighted by atomic mass is 16.6. The molecule has 35 heavy (non-hydrogen) atoms. The summed E-state index contributed by atoms with van der Waals surface area (Å²) in [5, 5.41) is 1.08. The first-order valence-corrected chi connectivity index (χ1v) is 12.9. The van der Waals surface area contributed by atoms with Gasteiger partial charge in [0.25, 0.3) is 0 Å². The number of hydrogen-bond acceptors (Lipinski definition) is 3. The maximum atomic E-state index is 13.2. The number of para-hydroxylation sites is 1. The van der Waals surface area contributed by atoms with Crippen LogP contribution in [0.1, 0.15) is 72.3 Å². The van der Waals surface area contributed by atoms with Crippen LogP contribution in [-0.4, -0.2) is 24.0 Å². The third-order valence-electron chi connectivity index (χ3n) is 7.22. The number of aromatic nitrogens is 1. The molecule has 0 radical (unpaired) electrons. The number of benzene rings is 3. The normalized spacial score (nSPS) is 16.9. The average Bonchev–Trinajstić information content (AvgIpc) is 3.38. The van der Waals surface area contributed by atoms with Crippen LogP contribution in [-0.2, 0) is 10.3 Å². The standard InChI is InChI=1S/C31H34N2O2/c1-4-6-20-33(21-7-5-2)24-18-16-23(17-19-24)31(27-14-10-8-12-25(27)30(34)35-31)29-22(3)32-28-15-11-9-13-26(28)29/h8-19,32H,4-7,20-21H2,1-3H3. The number of fused-ring (bicyclic) bond motifs is 2. The maximum absolute atomic E-state index is 13.2. The third kappa shape index (κ3) is 3.91. The number of aromatic amines is 1. The molecule has 1 unspecified atom stereocenters. The van der Waals surface area contributed by atoms with Crippen molar-refractivity contribution in [3.8, 4) is 0 Å². The van der Waals surface area contributed by atoms with Gasteiger partial charge in [-0.15, -0.1) is 0 Å². The highest BCUT2D eigenvalue weighted by Gasteiger charge is 2.50. The first-order chi connectivity index (χ1) is 17.1. The van der Waals surface area contributed by atoms with Crippen LogP contribution in [0.4, 0.5) is 5.69 Å². The molecular formula is C31H34N2O2. The lowest BCUT2D eigenvalue weighted by atomic mass is 9.78. The van der Waals surface area contributed by atoms with Crippen molar-refractivity contribution in [3.05, 3.63) is 101 Å². The number of cyclic esters (lactones) is 1. The second-order valence-electron chi connectivity index (χ2n) is 9.53. The van der Waals surface area contributed by atoms with Crippen LogP contribution in [0.25, 0.3) is 10.9 Å². The molecular weight excluding hydrogens is 432 g/mol. The SMILES string of the molecule is CCCCN(CCCC)c1ccc(C2(c3c(C)[nH]c4ccccc34)OC(=O)c3ccccc32)cc1. The smallest absolute Gasteiger partial charge is 0.340 e. The van der Waals surface area contributed by atoms with Gasteiger partial charge in [-0.25, -0.2) is 4.79 Å². The highest BCUT2D eigenvalue weighted by Crippen LogP contribution is 2.50. The molecule has 1 aromatic heterocycles. The van der Waals surface area contributed by atoms with E-state index >= 15 is 0 Å². The van der Waals surface area contributed by atoms with Gasteiger partial charge in [-0.3, -0.25) is 0 Å². The molecule has 2 heterocycles. The first-order valence-electron chi connectivity index (χ1n) is 12.9. The van der Waals surface area contributed by atoms with E-state index in [2.05, 4.69) is 67.1 Å². The molecule has 4 aromatic rings. The number of unbranched alkanes of at least 4 members (excludes halogenated alkanes) is 2. The lowest BCUT2D eigenvalue weighted by molar-refractivity contribution is 0.0254. The van der Waals surface area contributed by atoms with E-state index in [1.54, 1.807) is 0 Å². The number of carbonyl (C=O) groups excluding carboxylic acids is 1. The van der Waals surface area contributed by atoms with E-state index in [-0.39, 0.29) is 5.97 Å². The van der Waals surface area contributed by atoms with Crippen LogP contribution in [0.3, 0.4) is 0 Å². The molecule has 0 spiro atoms. The molecule has 0 saturated heterocycles. The number of H-pyrrole nitrogens is 1. The van der Waals surface area contributed by atoms with Gasteiger partial charge in [-0.05, 0) is 44.0 Å². The zero-order valence-corrected chi connectivity index (χ0v) is 20.9. The molecule has 0 aliphatic carbocycles. The second-order valence-corrected chi connectivity index (χ2v) is 9.53. The third-order valence-corrected chi connectivity index (χ3v) is 7.22. The molecule has 4 nitrogen and oxygen atoms in total. The molecule has 1 atom stereocenters. The molecule has 1 N–H and O–H groups in total. The molecule has 0 bridgehead atoms. The predicted molar refractivity (Wildman–Crippen MR) is 143 cm³/mol. The summed E-state index contributed by atoms with van der Waals surface area (Å²) in [5.41, 5.74) is 5.79. The summed E-state index contributed by atoms with van der Waals surface area (Å²) in [6, 6.07) is 24.7. The van der Waals surface area contributed by atoms with Gasteiger partial charge in [0.05, 0.1) is 5.56 Å². The number of hydrogen-bond donors (Lipinski definition) is 1. The predicted octanol–water partition coefficient (Wildman–Crippen LogP) is 7.35. The zero-order valence-electron chi connectivity index (χ0n) is 20.9. The van der Waals surface area contributed by atoms with Crippen molar-refractivity contribution in [2.24, 2.45) is 0 Å². The molecule has 180 valence electrons. The molecule has 0 fully saturated rings. The minimum Gasteiger partial charge on any atom is -0.440 e.